The average Bonchev–Trinajstić information content (AvgIpc) is 3.89. The molecule has 0 amide bonds. The van der Waals surface area contributed by atoms with E-state index in [4.69, 9.17) is 19.4 Å². The number of nitrogens with zero attached hydrogens (tertiary/aromatic N) is 3. The molecule has 3 heterocycles. The lowest BCUT2D eigenvalue weighted by molar-refractivity contribution is 0.669. The summed E-state index contributed by atoms with van der Waals surface area (Å²) in [6, 6.07) is 68.5. The van der Waals surface area contributed by atoms with Gasteiger partial charge < -0.3 is 4.42 Å². The normalized spacial score (nSPS) is 11.7. The smallest absolute Gasteiger partial charge is 0.165 e. The molecule has 0 saturated carbocycles. The molecule has 0 saturated heterocycles. The molecule has 0 aliphatic rings. The molecule has 286 valence electrons. The Hall–Kier alpha value is -7.73. The summed E-state index contributed by atoms with van der Waals surface area (Å²) in [6.07, 6.45) is 0. The lowest BCUT2D eigenvalue weighted by Gasteiger charge is -2.12. The van der Waals surface area contributed by atoms with Crippen molar-refractivity contribution in [1.29, 1.82) is 0 Å². The number of furan rings is 1. The van der Waals surface area contributed by atoms with Crippen molar-refractivity contribution in [2.75, 3.05) is 0 Å². The monoisotopic (exact) mass is 797 g/mol. The van der Waals surface area contributed by atoms with Gasteiger partial charge >= 0.3 is 0 Å². The number of aryl methyl sites for hydroxylation is 1. The molecular formula is C56H35N3OS. The van der Waals surface area contributed by atoms with Gasteiger partial charge in [0.15, 0.2) is 17.5 Å². The second-order valence-electron chi connectivity index (χ2n) is 15.6. The van der Waals surface area contributed by atoms with Crippen molar-refractivity contribution < 1.29 is 4.42 Å². The molecule has 9 aromatic carbocycles. The zero-order chi connectivity index (χ0) is 40.4. The molecule has 0 N–H and O–H groups in total. The van der Waals surface area contributed by atoms with Crippen molar-refractivity contribution in [2.45, 2.75) is 6.92 Å². The van der Waals surface area contributed by atoms with Crippen molar-refractivity contribution in [2.24, 2.45) is 0 Å². The SMILES string of the molecule is Cc1cccc(-c2ccc3c(c2)oc2cc4ccccc4c(-c4nc(-c5ccccc5)nc(-c5cccc(-c6ccc(-c7cccc8c7sc7ccccc78)cc6)c5)n4)c23)c1. The maximum absolute atomic E-state index is 6.71. The molecule has 5 heteroatoms. The molecule has 0 fully saturated rings. The number of hydrogen-bond donors (Lipinski definition) is 0. The van der Waals surface area contributed by atoms with E-state index >= 15 is 0 Å². The van der Waals surface area contributed by atoms with Gasteiger partial charge in [-0.2, -0.15) is 0 Å². The molecule has 0 radical (unpaired) electrons. The Kier molecular flexibility index (Phi) is 8.22. The third-order valence-electron chi connectivity index (χ3n) is 11.8. The highest BCUT2D eigenvalue weighted by Crippen LogP contribution is 2.43. The minimum absolute atomic E-state index is 0.598. The summed E-state index contributed by atoms with van der Waals surface area (Å²) >= 11 is 1.86. The van der Waals surface area contributed by atoms with Crippen LogP contribution in [0.1, 0.15) is 5.56 Å². The molecule has 0 aliphatic heterocycles. The van der Waals surface area contributed by atoms with E-state index < -0.39 is 0 Å². The van der Waals surface area contributed by atoms with Gasteiger partial charge in [0.25, 0.3) is 0 Å². The lowest BCUT2D eigenvalue weighted by atomic mass is 9.96. The van der Waals surface area contributed by atoms with Crippen LogP contribution in [-0.4, -0.2) is 15.0 Å². The first-order valence-corrected chi connectivity index (χ1v) is 21.3. The van der Waals surface area contributed by atoms with Gasteiger partial charge in [0, 0.05) is 47.6 Å². The van der Waals surface area contributed by atoms with Crippen LogP contribution in [0, 0.1) is 6.92 Å². The van der Waals surface area contributed by atoms with Gasteiger partial charge in [-0.05, 0) is 81.4 Å². The topological polar surface area (TPSA) is 51.8 Å². The summed E-state index contributed by atoms with van der Waals surface area (Å²) in [4.78, 5) is 15.7. The number of hydrogen-bond acceptors (Lipinski definition) is 5. The Morgan fingerprint density at radius 3 is 1.87 bits per heavy atom. The third-order valence-corrected chi connectivity index (χ3v) is 13.0. The van der Waals surface area contributed by atoms with E-state index in [1.165, 1.54) is 36.9 Å². The Balaban J connectivity index is 0.999. The van der Waals surface area contributed by atoms with Crippen molar-refractivity contribution in [1.82, 2.24) is 15.0 Å². The average molecular weight is 798 g/mol. The van der Waals surface area contributed by atoms with E-state index in [9.17, 15) is 0 Å². The maximum atomic E-state index is 6.71. The number of aromatic nitrogens is 3. The summed E-state index contributed by atoms with van der Waals surface area (Å²) < 4.78 is 9.34. The summed E-state index contributed by atoms with van der Waals surface area (Å²) in [5.41, 5.74) is 12.5. The molecule has 0 aliphatic carbocycles. The number of fused-ring (bicyclic) bond motifs is 7. The minimum Gasteiger partial charge on any atom is -0.456 e. The highest BCUT2D eigenvalue weighted by Gasteiger charge is 2.22. The summed E-state index contributed by atoms with van der Waals surface area (Å²) in [6.45, 7) is 2.12. The van der Waals surface area contributed by atoms with E-state index in [1.807, 2.05) is 29.5 Å². The van der Waals surface area contributed by atoms with E-state index in [-0.39, 0.29) is 0 Å². The van der Waals surface area contributed by atoms with E-state index in [2.05, 4.69) is 183 Å². The van der Waals surface area contributed by atoms with Crippen LogP contribution in [0.2, 0.25) is 0 Å². The van der Waals surface area contributed by atoms with Gasteiger partial charge in [-0.1, -0.05) is 169 Å². The fourth-order valence-electron chi connectivity index (χ4n) is 8.83. The van der Waals surface area contributed by atoms with Gasteiger partial charge in [-0.15, -0.1) is 11.3 Å². The minimum atomic E-state index is 0.598. The molecule has 12 rings (SSSR count). The number of benzene rings is 9. The van der Waals surface area contributed by atoms with Crippen molar-refractivity contribution in [3.8, 4) is 67.5 Å². The van der Waals surface area contributed by atoms with Gasteiger partial charge in [0.05, 0.1) is 0 Å². The van der Waals surface area contributed by atoms with Crippen LogP contribution < -0.4 is 0 Å². The molecule has 12 aromatic rings. The largest absolute Gasteiger partial charge is 0.456 e. The van der Waals surface area contributed by atoms with E-state index in [1.54, 1.807) is 0 Å². The van der Waals surface area contributed by atoms with Crippen molar-refractivity contribution >= 4 is 64.2 Å². The molecular weight excluding hydrogens is 763 g/mol. The summed E-state index contributed by atoms with van der Waals surface area (Å²) in [5.74, 6) is 1.82. The van der Waals surface area contributed by atoms with Crippen LogP contribution in [0.4, 0.5) is 0 Å². The first kappa shape index (κ1) is 35.2. The molecule has 0 atom stereocenters. The van der Waals surface area contributed by atoms with Crippen LogP contribution in [0.3, 0.4) is 0 Å². The highest BCUT2D eigenvalue weighted by atomic mass is 32.1. The second-order valence-corrected chi connectivity index (χ2v) is 16.7. The van der Waals surface area contributed by atoms with Crippen LogP contribution in [0.25, 0.3) is 120 Å². The van der Waals surface area contributed by atoms with Crippen molar-refractivity contribution in [3.63, 3.8) is 0 Å². The molecule has 61 heavy (non-hydrogen) atoms. The van der Waals surface area contributed by atoms with Crippen LogP contribution in [0.5, 0.6) is 0 Å². The quantitative estimate of drug-likeness (QED) is 0.168. The second kappa shape index (κ2) is 14.2. The standard InChI is InChI=1S/C56H35N3OS/c1-34-12-9-16-38(30-34)40-28-29-47-48(32-40)60-49-33-41-15-5-6-19-43(41)52(51(47)49)56-58-54(37-13-3-2-4-14-37)57-55(59-56)42-18-10-17-39(31-42)35-24-26-36(27-25-35)44-21-11-22-46-45-20-7-8-23-50(45)61-53(44)46/h2-33H,1H3. The van der Waals surface area contributed by atoms with Gasteiger partial charge in [0.2, 0.25) is 0 Å². The van der Waals surface area contributed by atoms with E-state index in [0.717, 1.165) is 71.7 Å². The maximum Gasteiger partial charge on any atom is 0.165 e. The van der Waals surface area contributed by atoms with Crippen LogP contribution in [0.15, 0.2) is 199 Å². The zero-order valence-corrected chi connectivity index (χ0v) is 33.9. The van der Waals surface area contributed by atoms with Crippen molar-refractivity contribution in [3.05, 3.63) is 200 Å². The Morgan fingerprint density at radius 1 is 0.393 bits per heavy atom. The fourth-order valence-corrected chi connectivity index (χ4v) is 10.1. The summed E-state index contributed by atoms with van der Waals surface area (Å²) in [5, 5.41) is 6.73. The molecule has 0 unspecified atom stereocenters. The Bertz CT molecular complexity index is 3660. The van der Waals surface area contributed by atoms with Gasteiger partial charge in [0.1, 0.15) is 11.2 Å². The molecule has 0 spiro atoms. The van der Waals surface area contributed by atoms with E-state index in [0.29, 0.717) is 17.5 Å². The highest BCUT2D eigenvalue weighted by molar-refractivity contribution is 7.26. The van der Waals surface area contributed by atoms with Crippen LogP contribution in [-0.2, 0) is 0 Å². The lowest BCUT2D eigenvalue weighted by Crippen LogP contribution is -2.01. The molecule has 0 bridgehead atoms. The Labute approximate surface area is 356 Å². The summed E-state index contributed by atoms with van der Waals surface area (Å²) in [7, 11) is 0. The van der Waals surface area contributed by atoms with Gasteiger partial charge in [-0.3, -0.25) is 0 Å². The number of rotatable bonds is 6. The first-order chi connectivity index (χ1) is 30.1. The number of thiophene rings is 1. The predicted octanol–water partition coefficient (Wildman–Crippen LogP) is 15.6. The zero-order valence-electron chi connectivity index (χ0n) is 33.1. The fraction of sp³-hybridized carbons (Fsp3) is 0.0179. The molecule has 4 nitrogen and oxygen atoms in total. The predicted molar refractivity (Wildman–Crippen MR) is 255 cm³/mol. The van der Waals surface area contributed by atoms with Gasteiger partial charge in [-0.25, -0.2) is 15.0 Å². The van der Waals surface area contributed by atoms with Crippen LogP contribution >= 0.6 is 11.3 Å². The molecule has 3 aromatic heterocycles. The third kappa shape index (κ3) is 6.09. The Morgan fingerprint density at radius 2 is 1.02 bits per heavy atom. The first-order valence-electron chi connectivity index (χ1n) is 20.5.